The van der Waals surface area contributed by atoms with Crippen LogP contribution < -0.4 is 10.1 Å². The first-order valence-electron chi connectivity index (χ1n) is 7.37. The van der Waals surface area contributed by atoms with Crippen LogP contribution in [0, 0.1) is 6.92 Å². The summed E-state index contributed by atoms with van der Waals surface area (Å²) in [4.78, 5) is 13.9. The lowest BCUT2D eigenvalue weighted by atomic mass is 10.2. The van der Waals surface area contributed by atoms with Crippen molar-refractivity contribution in [2.75, 3.05) is 26.0 Å². The summed E-state index contributed by atoms with van der Waals surface area (Å²) < 4.78 is 5.31. The van der Waals surface area contributed by atoms with E-state index in [9.17, 15) is 4.79 Å². The van der Waals surface area contributed by atoms with Crippen molar-refractivity contribution in [2.24, 2.45) is 0 Å². The Balaban J connectivity index is 1.95. The van der Waals surface area contributed by atoms with E-state index in [1.165, 1.54) is 0 Å². The SMILES string of the molecule is COc1ccccc1CN(C)C(=O)CNc1ccc(C)cc1Cl. The predicted octanol–water partition coefficient (Wildman–Crippen LogP) is 3.73. The largest absolute Gasteiger partial charge is 0.496 e. The first-order chi connectivity index (χ1) is 11.0. The monoisotopic (exact) mass is 332 g/mol. The van der Waals surface area contributed by atoms with Gasteiger partial charge in [-0.3, -0.25) is 4.79 Å². The number of anilines is 1. The number of carbonyl (C=O) groups is 1. The summed E-state index contributed by atoms with van der Waals surface area (Å²) in [5.74, 6) is 0.759. The van der Waals surface area contributed by atoms with Gasteiger partial charge < -0.3 is 15.0 Å². The van der Waals surface area contributed by atoms with Gasteiger partial charge in [0.2, 0.25) is 5.91 Å². The van der Waals surface area contributed by atoms with Crippen molar-refractivity contribution in [2.45, 2.75) is 13.5 Å². The van der Waals surface area contributed by atoms with E-state index >= 15 is 0 Å². The number of hydrogen-bond acceptors (Lipinski definition) is 3. The Labute approximate surface area is 142 Å². The van der Waals surface area contributed by atoms with Crippen molar-refractivity contribution in [3.63, 3.8) is 0 Å². The zero-order valence-corrected chi connectivity index (χ0v) is 14.4. The molecule has 0 aromatic heterocycles. The summed E-state index contributed by atoms with van der Waals surface area (Å²) in [5, 5.41) is 3.70. The smallest absolute Gasteiger partial charge is 0.241 e. The summed E-state index contributed by atoms with van der Waals surface area (Å²) in [6.45, 7) is 2.66. The molecule has 5 heteroatoms. The van der Waals surface area contributed by atoms with Crippen molar-refractivity contribution in [3.05, 3.63) is 58.6 Å². The first kappa shape index (κ1) is 17.2. The van der Waals surface area contributed by atoms with E-state index in [2.05, 4.69) is 5.32 Å². The van der Waals surface area contributed by atoms with Gasteiger partial charge in [-0.2, -0.15) is 0 Å². The number of carbonyl (C=O) groups excluding carboxylic acids is 1. The van der Waals surface area contributed by atoms with Crippen LogP contribution in [0.3, 0.4) is 0 Å². The standard InChI is InChI=1S/C18H21ClN2O2/c1-13-8-9-16(15(19)10-13)20-11-18(22)21(2)12-14-6-4-5-7-17(14)23-3/h4-10,20H,11-12H2,1-3H3. The van der Waals surface area contributed by atoms with E-state index in [1.807, 2.05) is 49.4 Å². The highest BCUT2D eigenvalue weighted by Gasteiger charge is 2.12. The third-order valence-corrected chi connectivity index (χ3v) is 3.89. The number of aryl methyl sites for hydroxylation is 1. The Morgan fingerprint density at radius 1 is 1.26 bits per heavy atom. The minimum atomic E-state index is -0.0208. The van der Waals surface area contributed by atoms with Crippen molar-refractivity contribution >= 4 is 23.2 Å². The highest BCUT2D eigenvalue weighted by molar-refractivity contribution is 6.33. The lowest BCUT2D eigenvalue weighted by Crippen LogP contribution is -2.31. The zero-order chi connectivity index (χ0) is 16.8. The van der Waals surface area contributed by atoms with Gasteiger partial charge in [-0.1, -0.05) is 35.9 Å². The number of ether oxygens (including phenoxy) is 1. The molecule has 0 spiro atoms. The molecule has 1 N–H and O–H groups in total. The molecule has 4 nitrogen and oxygen atoms in total. The summed E-state index contributed by atoms with van der Waals surface area (Å²) in [7, 11) is 3.40. The molecule has 0 unspecified atom stereocenters. The Morgan fingerprint density at radius 3 is 2.70 bits per heavy atom. The van der Waals surface area contributed by atoms with Gasteiger partial charge in [-0.15, -0.1) is 0 Å². The van der Waals surface area contributed by atoms with Gasteiger partial charge in [0.25, 0.3) is 0 Å². The van der Waals surface area contributed by atoms with Gasteiger partial charge in [0.15, 0.2) is 0 Å². The van der Waals surface area contributed by atoms with Crippen LogP contribution in [0.1, 0.15) is 11.1 Å². The number of halogens is 1. The maximum Gasteiger partial charge on any atom is 0.241 e. The second-order valence-electron chi connectivity index (χ2n) is 5.40. The lowest BCUT2D eigenvalue weighted by Gasteiger charge is -2.19. The van der Waals surface area contributed by atoms with Crippen LogP contribution in [-0.2, 0) is 11.3 Å². The topological polar surface area (TPSA) is 41.6 Å². The number of benzene rings is 2. The minimum absolute atomic E-state index is 0.0208. The van der Waals surface area contributed by atoms with Crippen LogP contribution >= 0.6 is 11.6 Å². The van der Waals surface area contributed by atoms with E-state index in [-0.39, 0.29) is 12.5 Å². The quantitative estimate of drug-likeness (QED) is 0.876. The molecule has 0 aliphatic carbocycles. The number of hydrogen-bond donors (Lipinski definition) is 1. The molecule has 0 heterocycles. The molecule has 0 radical (unpaired) electrons. The Hall–Kier alpha value is -2.20. The van der Waals surface area contributed by atoms with Gasteiger partial charge in [-0.05, 0) is 30.7 Å². The second kappa shape index (κ2) is 7.88. The molecule has 2 aromatic carbocycles. The third kappa shape index (κ3) is 4.63. The minimum Gasteiger partial charge on any atom is -0.496 e. The van der Waals surface area contributed by atoms with Gasteiger partial charge in [-0.25, -0.2) is 0 Å². The molecule has 0 fully saturated rings. The Kier molecular flexibility index (Phi) is 5.88. The molecule has 1 amide bonds. The number of methoxy groups -OCH3 is 1. The number of amides is 1. The molecule has 2 rings (SSSR count). The second-order valence-corrected chi connectivity index (χ2v) is 5.81. The maximum absolute atomic E-state index is 12.3. The molecule has 2 aromatic rings. The zero-order valence-electron chi connectivity index (χ0n) is 13.6. The number of likely N-dealkylation sites (N-methyl/N-ethyl adjacent to an activating group) is 1. The van der Waals surface area contributed by atoms with E-state index in [1.54, 1.807) is 19.1 Å². The van der Waals surface area contributed by atoms with Crippen molar-refractivity contribution < 1.29 is 9.53 Å². The molecule has 0 saturated heterocycles. The fraction of sp³-hybridized carbons (Fsp3) is 0.278. The van der Waals surface area contributed by atoms with Gasteiger partial charge in [0.05, 0.1) is 24.4 Å². The van der Waals surface area contributed by atoms with Crippen LogP contribution in [0.4, 0.5) is 5.69 Å². The first-order valence-corrected chi connectivity index (χ1v) is 7.75. The number of para-hydroxylation sites is 1. The van der Waals surface area contributed by atoms with Gasteiger partial charge >= 0.3 is 0 Å². The Bertz CT molecular complexity index is 688. The number of nitrogens with one attached hydrogen (secondary N) is 1. The summed E-state index contributed by atoms with van der Waals surface area (Å²) in [6.07, 6.45) is 0. The van der Waals surface area contributed by atoms with Gasteiger partial charge in [0.1, 0.15) is 5.75 Å². The summed E-state index contributed by atoms with van der Waals surface area (Å²) in [6, 6.07) is 13.4. The summed E-state index contributed by atoms with van der Waals surface area (Å²) in [5.41, 5.74) is 2.82. The maximum atomic E-state index is 12.3. The van der Waals surface area contributed by atoms with E-state index in [4.69, 9.17) is 16.3 Å². The number of rotatable bonds is 6. The van der Waals surface area contributed by atoms with Crippen LogP contribution in [-0.4, -0.2) is 31.5 Å². The predicted molar refractivity (Wildman–Crippen MR) is 94.1 cm³/mol. The van der Waals surface area contributed by atoms with E-state index in [0.29, 0.717) is 11.6 Å². The van der Waals surface area contributed by atoms with Crippen molar-refractivity contribution in [1.82, 2.24) is 4.90 Å². The van der Waals surface area contributed by atoms with Crippen LogP contribution in [0.15, 0.2) is 42.5 Å². The molecular formula is C18H21ClN2O2. The molecule has 122 valence electrons. The molecule has 0 atom stereocenters. The van der Waals surface area contributed by atoms with E-state index < -0.39 is 0 Å². The van der Waals surface area contributed by atoms with Crippen LogP contribution in [0.2, 0.25) is 5.02 Å². The molecule has 0 aliphatic heterocycles. The van der Waals surface area contributed by atoms with Crippen LogP contribution in [0.25, 0.3) is 0 Å². The van der Waals surface area contributed by atoms with Crippen molar-refractivity contribution in [1.29, 1.82) is 0 Å². The number of nitrogens with zero attached hydrogens (tertiary/aromatic N) is 1. The third-order valence-electron chi connectivity index (χ3n) is 3.58. The van der Waals surface area contributed by atoms with Crippen molar-refractivity contribution in [3.8, 4) is 5.75 Å². The fourth-order valence-corrected chi connectivity index (χ4v) is 2.55. The molecule has 0 saturated carbocycles. The fourth-order valence-electron chi connectivity index (χ4n) is 2.25. The van der Waals surface area contributed by atoms with Crippen LogP contribution in [0.5, 0.6) is 5.75 Å². The highest BCUT2D eigenvalue weighted by atomic mass is 35.5. The normalized spacial score (nSPS) is 10.3. The van der Waals surface area contributed by atoms with E-state index in [0.717, 1.165) is 22.6 Å². The lowest BCUT2D eigenvalue weighted by molar-refractivity contribution is -0.128. The molecule has 0 aliphatic rings. The summed E-state index contributed by atoms with van der Waals surface area (Å²) >= 11 is 6.16. The van der Waals surface area contributed by atoms with Gasteiger partial charge in [0, 0.05) is 19.2 Å². The molecule has 0 bridgehead atoms. The molecule has 23 heavy (non-hydrogen) atoms. The molecular weight excluding hydrogens is 312 g/mol. The highest BCUT2D eigenvalue weighted by Crippen LogP contribution is 2.22. The average molecular weight is 333 g/mol. The average Bonchev–Trinajstić information content (AvgIpc) is 2.54. The Morgan fingerprint density at radius 2 is 2.00 bits per heavy atom.